The van der Waals surface area contributed by atoms with E-state index in [0.29, 0.717) is 6.42 Å². The fourth-order valence-corrected chi connectivity index (χ4v) is 2.41. The average molecular weight is 283 g/mol. The lowest BCUT2D eigenvalue weighted by Gasteiger charge is -2.20. The lowest BCUT2D eigenvalue weighted by atomic mass is 10.5. The van der Waals surface area contributed by atoms with E-state index in [4.69, 9.17) is 5.73 Å². The topological polar surface area (TPSA) is 102 Å². The van der Waals surface area contributed by atoms with Crippen LogP contribution < -0.4 is 10.5 Å². The van der Waals surface area contributed by atoms with Crippen molar-refractivity contribution in [1.82, 2.24) is 9.03 Å². The molecule has 0 saturated carbocycles. The largest absolute Gasteiger partial charge is 0.449 e. The predicted molar refractivity (Wildman–Crippen MR) is 67.7 cm³/mol. The molecule has 0 radical (unpaired) electrons. The lowest BCUT2D eigenvalue weighted by molar-refractivity contribution is 0.158. The Hall–Kier alpha value is -0.930. The maximum Gasteiger partial charge on any atom is 0.421 e. The number of ether oxygens (including phenoxy) is 1. The first-order chi connectivity index (χ1) is 7.83. The van der Waals surface area contributed by atoms with E-state index in [1.807, 2.05) is 0 Å². The maximum atomic E-state index is 11.7. The normalized spacial score (nSPS) is 11.2. The summed E-state index contributed by atoms with van der Waals surface area (Å²) in [5, 5.41) is 0. The van der Waals surface area contributed by atoms with Gasteiger partial charge < -0.3 is 10.5 Å². The number of hydrogen-bond donors (Lipinski definition) is 2. The highest BCUT2D eigenvalue weighted by molar-refractivity contribution is 7.87. The van der Waals surface area contributed by atoms with E-state index in [-0.39, 0.29) is 24.7 Å². The fraction of sp³-hybridized carbons (Fsp3) is 0.750. The van der Waals surface area contributed by atoms with Crippen molar-refractivity contribution in [3.63, 3.8) is 0 Å². The highest BCUT2D eigenvalue weighted by atomic mass is 32.2. The second kappa shape index (κ2) is 7.41. The molecule has 9 heteroatoms. The second-order valence-electron chi connectivity index (χ2n) is 3.13. The number of carbonyl (C=O) groups is 1. The molecule has 0 fully saturated rings. The quantitative estimate of drug-likeness (QED) is 0.636. The maximum absolute atomic E-state index is 11.7. The second-order valence-corrected chi connectivity index (χ2v) is 5.32. The van der Waals surface area contributed by atoms with Gasteiger partial charge >= 0.3 is 16.3 Å². The first-order valence-corrected chi connectivity index (χ1v) is 6.91. The summed E-state index contributed by atoms with van der Waals surface area (Å²) in [6, 6.07) is 0. The Morgan fingerprint density at radius 1 is 1.47 bits per heavy atom. The summed E-state index contributed by atoms with van der Waals surface area (Å²) in [6.45, 7) is 3.56. The van der Waals surface area contributed by atoms with Crippen LogP contribution in [0.25, 0.3) is 0 Å². The van der Waals surface area contributed by atoms with Gasteiger partial charge in [0.25, 0.3) is 0 Å². The van der Waals surface area contributed by atoms with Gasteiger partial charge in [0.1, 0.15) is 0 Å². The van der Waals surface area contributed by atoms with Crippen molar-refractivity contribution in [3.05, 3.63) is 0 Å². The van der Waals surface area contributed by atoms with Crippen LogP contribution in [0, 0.1) is 0 Å². The van der Waals surface area contributed by atoms with Gasteiger partial charge in [-0.25, -0.2) is 9.52 Å². The molecule has 0 aliphatic carbocycles. The van der Waals surface area contributed by atoms with Gasteiger partial charge in [-0.1, -0.05) is 19.1 Å². The van der Waals surface area contributed by atoms with Crippen LogP contribution in [0.2, 0.25) is 0 Å². The van der Waals surface area contributed by atoms with Crippen molar-refractivity contribution in [2.24, 2.45) is 5.73 Å². The summed E-state index contributed by atoms with van der Waals surface area (Å²) in [5.41, 5.74) is 5.29. The van der Waals surface area contributed by atoms with Crippen LogP contribution in [0.15, 0.2) is 0 Å². The summed E-state index contributed by atoms with van der Waals surface area (Å²) < 4.78 is 30.7. The molecule has 0 aliphatic rings. The summed E-state index contributed by atoms with van der Waals surface area (Å²) in [5.74, 6) is 0. The number of nitrogens with two attached hydrogens (primary N) is 1. The van der Waals surface area contributed by atoms with E-state index >= 15 is 0 Å². The Kier molecular flexibility index (Phi) is 7.00. The van der Waals surface area contributed by atoms with Gasteiger partial charge in [-0.15, -0.1) is 0 Å². The minimum atomic E-state index is -3.96. The standard InChI is InChI=1S/C8H17N3O4S2/c1-3-5-11(6-7(9)16)17(13,14)10-8(12)15-4-2/h3-6H2,1-2H3,(H2,9,16)(H,10,12). The van der Waals surface area contributed by atoms with Gasteiger partial charge in [0.15, 0.2) is 0 Å². The number of amides is 1. The Morgan fingerprint density at radius 3 is 2.47 bits per heavy atom. The smallest absolute Gasteiger partial charge is 0.421 e. The van der Waals surface area contributed by atoms with Crippen LogP contribution in [0.5, 0.6) is 0 Å². The Bertz CT molecular complexity index is 369. The van der Waals surface area contributed by atoms with Crippen molar-refractivity contribution in [3.8, 4) is 0 Å². The van der Waals surface area contributed by atoms with Crippen molar-refractivity contribution >= 4 is 33.5 Å². The lowest BCUT2D eigenvalue weighted by Crippen LogP contribution is -2.46. The van der Waals surface area contributed by atoms with Crippen LogP contribution in [-0.2, 0) is 14.9 Å². The Balaban J connectivity index is 4.70. The molecule has 0 heterocycles. The highest BCUT2D eigenvalue weighted by Crippen LogP contribution is 2.00. The fourth-order valence-electron chi connectivity index (χ4n) is 1.04. The number of hydrogen-bond acceptors (Lipinski definition) is 5. The molecule has 1 amide bonds. The van der Waals surface area contributed by atoms with E-state index < -0.39 is 16.3 Å². The van der Waals surface area contributed by atoms with Gasteiger partial charge in [-0.3, -0.25) is 0 Å². The summed E-state index contributed by atoms with van der Waals surface area (Å²) >= 11 is 4.65. The van der Waals surface area contributed by atoms with E-state index in [1.54, 1.807) is 18.6 Å². The molecule has 100 valence electrons. The molecular formula is C8H17N3O4S2. The molecule has 0 bridgehead atoms. The molecule has 0 aromatic carbocycles. The minimum Gasteiger partial charge on any atom is -0.449 e. The van der Waals surface area contributed by atoms with Crippen LogP contribution in [-0.4, -0.2) is 43.5 Å². The highest BCUT2D eigenvalue weighted by Gasteiger charge is 2.24. The third kappa shape index (κ3) is 6.39. The number of carbonyl (C=O) groups excluding carboxylic acids is 1. The van der Waals surface area contributed by atoms with Gasteiger partial charge in [0, 0.05) is 6.54 Å². The molecule has 0 spiro atoms. The summed E-state index contributed by atoms with van der Waals surface area (Å²) in [7, 11) is -3.96. The van der Waals surface area contributed by atoms with E-state index in [2.05, 4.69) is 17.0 Å². The predicted octanol–water partition coefficient (Wildman–Crippen LogP) is -0.0246. The van der Waals surface area contributed by atoms with Crippen molar-refractivity contribution in [2.75, 3.05) is 19.7 Å². The number of rotatable bonds is 7. The van der Waals surface area contributed by atoms with Crippen molar-refractivity contribution in [1.29, 1.82) is 0 Å². The Labute approximate surface area is 106 Å². The third-order valence-electron chi connectivity index (χ3n) is 1.63. The average Bonchev–Trinajstić information content (AvgIpc) is 2.15. The molecule has 17 heavy (non-hydrogen) atoms. The molecule has 0 aliphatic heterocycles. The van der Waals surface area contributed by atoms with Gasteiger partial charge in [0.05, 0.1) is 18.1 Å². The first kappa shape index (κ1) is 16.1. The number of nitrogens with zero attached hydrogens (tertiary/aromatic N) is 1. The third-order valence-corrected chi connectivity index (χ3v) is 3.18. The molecular weight excluding hydrogens is 266 g/mol. The first-order valence-electron chi connectivity index (χ1n) is 5.06. The molecule has 0 saturated heterocycles. The van der Waals surface area contributed by atoms with Gasteiger partial charge in [-0.2, -0.15) is 12.7 Å². The van der Waals surface area contributed by atoms with E-state index in [9.17, 15) is 13.2 Å². The molecule has 0 rings (SSSR count). The van der Waals surface area contributed by atoms with Gasteiger partial charge in [-0.05, 0) is 13.3 Å². The van der Waals surface area contributed by atoms with Crippen LogP contribution in [0.3, 0.4) is 0 Å². The minimum absolute atomic E-state index is 0.0349. The van der Waals surface area contributed by atoms with Crippen LogP contribution in [0.1, 0.15) is 20.3 Å². The molecule has 3 N–H and O–H groups in total. The number of thiocarbonyl (C=S) groups is 1. The molecule has 0 aromatic rings. The zero-order valence-electron chi connectivity index (χ0n) is 9.80. The van der Waals surface area contributed by atoms with Crippen molar-refractivity contribution < 1.29 is 17.9 Å². The van der Waals surface area contributed by atoms with Crippen LogP contribution >= 0.6 is 12.2 Å². The SMILES string of the molecule is CCCN(CC(N)=S)S(=O)(=O)NC(=O)OCC. The Morgan fingerprint density at radius 2 is 2.06 bits per heavy atom. The van der Waals surface area contributed by atoms with Crippen molar-refractivity contribution in [2.45, 2.75) is 20.3 Å². The molecule has 7 nitrogen and oxygen atoms in total. The molecule has 0 atom stereocenters. The monoisotopic (exact) mass is 283 g/mol. The van der Waals surface area contributed by atoms with Gasteiger partial charge in [0.2, 0.25) is 0 Å². The zero-order valence-corrected chi connectivity index (χ0v) is 11.4. The molecule has 0 aromatic heterocycles. The number of nitrogens with one attached hydrogen (secondary N) is 1. The molecule has 0 unspecified atom stereocenters. The summed E-state index contributed by atoms with van der Waals surface area (Å²) in [6.07, 6.45) is -0.441. The zero-order chi connectivity index (χ0) is 13.5. The van der Waals surface area contributed by atoms with E-state index in [0.717, 1.165) is 4.31 Å². The van der Waals surface area contributed by atoms with E-state index in [1.165, 1.54) is 0 Å². The van der Waals surface area contributed by atoms with Crippen LogP contribution in [0.4, 0.5) is 4.79 Å². The summed E-state index contributed by atoms with van der Waals surface area (Å²) in [4.78, 5) is 11.1.